The van der Waals surface area contributed by atoms with E-state index in [1.54, 1.807) is 23.1 Å². The second-order valence-electron chi connectivity index (χ2n) is 3.75. The first-order valence-corrected chi connectivity index (χ1v) is 7.11. The molecule has 86 valence electrons. The van der Waals surface area contributed by atoms with Crippen LogP contribution in [0.3, 0.4) is 0 Å². The normalized spacial score (nSPS) is 11.1. The number of benzene rings is 1. The van der Waals surface area contributed by atoms with Crippen LogP contribution in [0.15, 0.2) is 40.9 Å². The lowest BCUT2D eigenvalue weighted by Gasteiger charge is -1.96. The van der Waals surface area contributed by atoms with E-state index in [1.807, 2.05) is 23.7 Å². The molecule has 3 aromatic rings. The van der Waals surface area contributed by atoms with Gasteiger partial charge < -0.3 is 0 Å². The summed E-state index contributed by atoms with van der Waals surface area (Å²) < 4.78 is 2.92. The monoisotopic (exact) mass is 261 g/mol. The van der Waals surface area contributed by atoms with Crippen molar-refractivity contribution in [2.24, 2.45) is 0 Å². The lowest BCUT2D eigenvalue weighted by atomic mass is 10.2. The van der Waals surface area contributed by atoms with Gasteiger partial charge in [0.25, 0.3) is 0 Å². The highest BCUT2D eigenvalue weighted by atomic mass is 32.2. The van der Waals surface area contributed by atoms with Gasteiger partial charge in [0.15, 0.2) is 4.34 Å². The molecule has 0 radical (unpaired) electrons. The van der Waals surface area contributed by atoms with E-state index in [9.17, 15) is 0 Å². The summed E-state index contributed by atoms with van der Waals surface area (Å²) in [5.74, 6) is 0.955. The molecule has 3 nitrogen and oxygen atoms in total. The van der Waals surface area contributed by atoms with Crippen molar-refractivity contribution in [1.82, 2.24) is 14.6 Å². The lowest BCUT2D eigenvalue weighted by molar-refractivity contribution is 0.913. The van der Waals surface area contributed by atoms with Crippen LogP contribution in [0.5, 0.6) is 0 Å². The number of thioether (sulfide) groups is 1. The zero-order valence-electron chi connectivity index (χ0n) is 9.33. The third-order valence-corrected chi connectivity index (χ3v) is 4.48. The van der Waals surface area contributed by atoms with Gasteiger partial charge in [0.1, 0.15) is 0 Å². The fourth-order valence-electron chi connectivity index (χ4n) is 1.57. The van der Waals surface area contributed by atoms with Crippen molar-refractivity contribution < 1.29 is 0 Å². The zero-order valence-corrected chi connectivity index (χ0v) is 11.0. The number of aryl methyl sites for hydroxylation is 1. The average molecular weight is 261 g/mol. The number of aromatic nitrogens is 3. The van der Waals surface area contributed by atoms with E-state index < -0.39 is 0 Å². The number of rotatable bonds is 3. The lowest BCUT2D eigenvalue weighted by Crippen LogP contribution is -1.82. The Labute approximate surface area is 108 Å². The molecular formula is C12H11N3S2. The van der Waals surface area contributed by atoms with Crippen LogP contribution >= 0.6 is 23.1 Å². The van der Waals surface area contributed by atoms with E-state index in [0.29, 0.717) is 0 Å². The van der Waals surface area contributed by atoms with Crippen LogP contribution in [0.2, 0.25) is 0 Å². The quantitative estimate of drug-likeness (QED) is 0.677. The van der Waals surface area contributed by atoms with Gasteiger partial charge in [-0.05, 0) is 12.5 Å². The van der Waals surface area contributed by atoms with Gasteiger partial charge >= 0.3 is 0 Å². The summed E-state index contributed by atoms with van der Waals surface area (Å²) in [6.07, 6.45) is 1.96. The molecule has 0 saturated heterocycles. The Kier molecular flexibility index (Phi) is 2.86. The van der Waals surface area contributed by atoms with Crippen molar-refractivity contribution in [1.29, 1.82) is 0 Å². The molecule has 0 aliphatic heterocycles. The number of hydrogen-bond donors (Lipinski definition) is 0. The second kappa shape index (κ2) is 4.50. The minimum absolute atomic E-state index is 0.955. The van der Waals surface area contributed by atoms with Crippen LogP contribution < -0.4 is 0 Å². The molecule has 5 heteroatoms. The van der Waals surface area contributed by atoms with Gasteiger partial charge in [0, 0.05) is 5.75 Å². The molecule has 2 heterocycles. The largest absolute Gasteiger partial charge is 0.223 e. The molecule has 1 aromatic carbocycles. The highest BCUT2D eigenvalue weighted by Crippen LogP contribution is 2.27. The first-order chi connectivity index (χ1) is 8.31. The van der Waals surface area contributed by atoms with Crippen LogP contribution in [0, 0.1) is 6.92 Å². The summed E-state index contributed by atoms with van der Waals surface area (Å²) in [5.41, 5.74) is 2.34. The van der Waals surface area contributed by atoms with E-state index in [-0.39, 0.29) is 0 Å². The Morgan fingerprint density at radius 1 is 1.29 bits per heavy atom. The van der Waals surface area contributed by atoms with Crippen molar-refractivity contribution in [2.45, 2.75) is 17.0 Å². The maximum atomic E-state index is 4.48. The number of hydrogen-bond acceptors (Lipinski definition) is 4. The molecule has 0 amide bonds. The van der Waals surface area contributed by atoms with E-state index in [0.717, 1.165) is 20.7 Å². The summed E-state index contributed by atoms with van der Waals surface area (Å²) >= 11 is 3.40. The van der Waals surface area contributed by atoms with Gasteiger partial charge in [-0.3, -0.25) is 0 Å². The SMILES string of the molecule is Cc1cn2nc(SCc3ccccc3)sc2n1. The molecule has 0 N–H and O–H groups in total. The van der Waals surface area contributed by atoms with Crippen LogP contribution in [-0.2, 0) is 5.75 Å². The Morgan fingerprint density at radius 3 is 2.88 bits per heavy atom. The molecule has 0 atom stereocenters. The molecule has 0 saturated carbocycles. The van der Waals surface area contributed by atoms with Crippen LogP contribution in [0.4, 0.5) is 0 Å². The molecule has 0 aliphatic rings. The average Bonchev–Trinajstić information content (AvgIpc) is 2.84. The minimum atomic E-state index is 0.955. The predicted molar refractivity (Wildman–Crippen MR) is 71.6 cm³/mol. The number of imidazole rings is 1. The Balaban J connectivity index is 1.75. The van der Waals surface area contributed by atoms with Crippen molar-refractivity contribution in [3.8, 4) is 0 Å². The van der Waals surface area contributed by atoms with Crippen molar-refractivity contribution in [3.63, 3.8) is 0 Å². The summed E-state index contributed by atoms with van der Waals surface area (Å²) in [4.78, 5) is 5.36. The molecule has 0 fully saturated rings. The van der Waals surface area contributed by atoms with Crippen LogP contribution in [0.1, 0.15) is 11.3 Å². The highest BCUT2D eigenvalue weighted by Gasteiger charge is 2.06. The summed E-state index contributed by atoms with van der Waals surface area (Å²) in [6.45, 7) is 1.98. The molecule has 2 aromatic heterocycles. The number of nitrogens with zero attached hydrogens (tertiary/aromatic N) is 3. The predicted octanol–water partition coefficient (Wildman–Crippen LogP) is 3.39. The van der Waals surface area contributed by atoms with Gasteiger partial charge in [-0.25, -0.2) is 9.50 Å². The fraction of sp³-hybridized carbons (Fsp3) is 0.167. The molecular weight excluding hydrogens is 250 g/mol. The van der Waals surface area contributed by atoms with Crippen LogP contribution in [0.25, 0.3) is 4.96 Å². The van der Waals surface area contributed by atoms with Gasteiger partial charge in [0.2, 0.25) is 4.96 Å². The highest BCUT2D eigenvalue weighted by molar-refractivity contribution is 8.00. The third kappa shape index (κ3) is 2.35. The summed E-state index contributed by atoms with van der Waals surface area (Å²) in [6, 6.07) is 10.4. The van der Waals surface area contributed by atoms with Crippen molar-refractivity contribution in [3.05, 3.63) is 47.8 Å². The molecule has 0 aliphatic carbocycles. The summed E-state index contributed by atoms with van der Waals surface area (Å²) in [7, 11) is 0. The first kappa shape index (κ1) is 10.8. The van der Waals surface area contributed by atoms with Gasteiger partial charge in [-0.1, -0.05) is 53.4 Å². The Morgan fingerprint density at radius 2 is 2.12 bits per heavy atom. The van der Waals surface area contributed by atoms with E-state index in [4.69, 9.17) is 0 Å². The Hall–Kier alpha value is -1.33. The van der Waals surface area contributed by atoms with Gasteiger partial charge in [-0.15, -0.1) is 5.10 Å². The van der Waals surface area contributed by atoms with Gasteiger partial charge in [-0.2, -0.15) is 0 Å². The maximum absolute atomic E-state index is 4.48. The topological polar surface area (TPSA) is 30.2 Å². The molecule has 3 rings (SSSR count). The van der Waals surface area contributed by atoms with Crippen molar-refractivity contribution >= 4 is 28.1 Å². The third-order valence-electron chi connectivity index (χ3n) is 2.35. The minimum Gasteiger partial charge on any atom is -0.223 e. The van der Waals surface area contributed by atoms with Crippen molar-refractivity contribution in [2.75, 3.05) is 0 Å². The zero-order chi connectivity index (χ0) is 11.7. The smallest absolute Gasteiger partial charge is 0.213 e. The number of fused-ring (bicyclic) bond motifs is 1. The van der Waals surface area contributed by atoms with E-state index in [1.165, 1.54) is 5.56 Å². The maximum Gasteiger partial charge on any atom is 0.213 e. The molecule has 17 heavy (non-hydrogen) atoms. The second-order valence-corrected chi connectivity index (χ2v) is 5.93. The first-order valence-electron chi connectivity index (χ1n) is 5.31. The van der Waals surface area contributed by atoms with E-state index >= 15 is 0 Å². The molecule has 0 spiro atoms. The standard InChI is InChI=1S/C12H11N3S2/c1-9-7-15-11(13-9)17-12(14-15)16-8-10-5-3-2-4-6-10/h2-7H,8H2,1H3. The molecule has 0 unspecified atom stereocenters. The summed E-state index contributed by atoms with van der Waals surface area (Å²) in [5, 5.41) is 4.48. The fourth-order valence-corrected chi connectivity index (χ4v) is 3.49. The van der Waals surface area contributed by atoms with E-state index in [2.05, 4.69) is 34.3 Å². The van der Waals surface area contributed by atoms with Crippen LogP contribution in [-0.4, -0.2) is 14.6 Å². The van der Waals surface area contributed by atoms with Gasteiger partial charge in [0.05, 0.1) is 11.9 Å². The Bertz CT molecular complexity index is 596. The molecule has 0 bridgehead atoms.